The standard InChI is InChI=1S/C8H10N2/c1-9-5-2-8-3-6-10-7-4-8/h2-7,9H,1H3/b5-2+. The van der Waals surface area contributed by atoms with Crippen LogP contribution in [0.1, 0.15) is 5.56 Å². The largest absolute Gasteiger partial charge is 0.394 e. The average Bonchev–Trinajstić information content (AvgIpc) is 2.03. The molecule has 0 amide bonds. The number of pyridine rings is 1. The summed E-state index contributed by atoms with van der Waals surface area (Å²) in [4.78, 5) is 3.90. The number of aromatic nitrogens is 1. The third-order valence-electron chi connectivity index (χ3n) is 1.15. The molecule has 0 radical (unpaired) electrons. The molecule has 1 heterocycles. The van der Waals surface area contributed by atoms with Crippen molar-refractivity contribution in [2.24, 2.45) is 0 Å². The van der Waals surface area contributed by atoms with E-state index in [0.29, 0.717) is 0 Å². The monoisotopic (exact) mass is 134 g/mol. The number of hydrogen-bond acceptors (Lipinski definition) is 2. The van der Waals surface area contributed by atoms with E-state index < -0.39 is 0 Å². The van der Waals surface area contributed by atoms with Gasteiger partial charge in [0.15, 0.2) is 0 Å². The van der Waals surface area contributed by atoms with Crippen molar-refractivity contribution in [1.82, 2.24) is 10.3 Å². The van der Waals surface area contributed by atoms with Gasteiger partial charge in [-0.25, -0.2) is 0 Å². The summed E-state index contributed by atoms with van der Waals surface area (Å²) in [6.45, 7) is 0. The van der Waals surface area contributed by atoms with Gasteiger partial charge in [-0.3, -0.25) is 4.98 Å². The van der Waals surface area contributed by atoms with Crippen molar-refractivity contribution in [2.75, 3.05) is 7.05 Å². The summed E-state index contributed by atoms with van der Waals surface area (Å²) in [6, 6.07) is 3.90. The third-order valence-corrected chi connectivity index (χ3v) is 1.15. The second kappa shape index (κ2) is 3.67. The summed E-state index contributed by atoms with van der Waals surface area (Å²) in [7, 11) is 1.87. The fourth-order valence-electron chi connectivity index (χ4n) is 0.654. The van der Waals surface area contributed by atoms with Crippen LogP contribution in [-0.2, 0) is 0 Å². The molecule has 0 aliphatic rings. The topological polar surface area (TPSA) is 24.9 Å². The smallest absolute Gasteiger partial charge is 0.0273 e. The molecule has 1 aromatic rings. The second-order valence-corrected chi connectivity index (χ2v) is 1.90. The molecule has 0 aliphatic carbocycles. The van der Waals surface area contributed by atoms with Crippen molar-refractivity contribution in [3.63, 3.8) is 0 Å². The van der Waals surface area contributed by atoms with Gasteiger partial charge in [0.05, 0.1) is 0 Å². The number of hydrogen-bond donors (Lipinski definition) is 1. The van der Waals surface area contributed by atoms with Gasteiger partial charge in [-0.2, -0.15) is 0 Å². The molecule has 0 saturated carbocycles. The van der Waals surface area contributed by atoms with Gasteiger partial charge in [0, 0.05) is 19.4 Å². The van der Waals surface area contributed by atoms with Crippen LogP contribution in [0.4, 0.5) is 0 Å². The number of rotatable bonds is 2. The lowest BCUT2D eigenvalue weighted by molar-refractivity contribution is 1.11. The highest BCUT2D eigenvalue weighted by Gasteiger charge is 1.79. The van der Waals surface area contributed by atoms with E-state index in [-0.39, 0.29) is 0 Å². The molecule has 1 N–H and O–H groups in total. The van der Waals surface area contributed by atoms with Gasteiger partial charge in [-0.15, -0.1) is 0 Å². The Bertz CT molecular complexity index is 204. The normalized spacial score (nSPS) is 10.1. The Balaban J connectivity index is 2.67. The predicted molar refractivity (Wildman–Crippen MR) is 42.3 cm³/mol. The zero-order chi connectivity index (χ0) is 7.23. The first-order valence-corrected chi connectivity index (χ1v) is 3.17. The minimum atomic E-state index is 1.16. The summed E-state index contributed by atoms with van der Waals surface area (Å²) >= 11 is 0. The first-order valence-electron chi connectivity index (χ1n) is 3.17. The maximum atomic E-state index is 3.90. The van der Waals surface area contributed by atoms with Gasteiger partial charge in [0.25, 0.3) is 0 Å². The summed E-state index contributed by atoms with van der Waals surface area (Å²) in [6.07, 6.45) is 7.42. The van der Waals surface area contributed by atoms with Gasteiger partial charge in [0.2, 0.25) is 0 Å². The van der Waals surface area contributed by atoms with Crippen molar-refractivity contribution >= 4 is 6.08 Å². The SMILES string of the molecule is CN/C=C/c1ccncc1. The zero-order valence-corrected chi connectivity index (χ0v) is 5.91. The summed E-state index contributed by atoms with van der Waals surface area (Å²) < 4.78 is 0. The Morgan fingerprint density at radius 1 is 1.40 bits per heavy atom. The van der Waals surface area contributed by atoms with E-state index in [4.69, 9.17) is 0 Å². The minimum Gasteiger partial charge on any atom is -0.394 e. The van der Waals surface area contributed by atoms with Crippen LogP contribution in [0.25, 0.3) is 6.08 Å². The Hall–Kier alpha value is -1.31. The van der Waals surface area contributed by atoms with E-state index in [9.17, 15) is 0 Å². The Morgan fingerprint density at radius 2 is 2.10 bits per heavy atom. The quantitative estimate of drug-likeness (QED) is 0.659. The van der Waals surface area contributed by atoms with Crippen LogP contribution in [0.2, 0.25) is 0 Å². The van der Waals surface area contributed by atoms with Crippen LogP contribution >= 0.6 is 0 Å². The fraction of sp³-hybridized carbons (Fsp3) is 0.125. The average molecular weight is 134 g/mol. The Labute approximate surface area is 60.6 Å². The summed E-state index contributed by atoms with van der Waals surface area (Å²) in [5.74, 6) is 0. The molecule has 0 unspecified atom stereocenters. The van der Waals surface area contributed by atoms with Crippen LogP contribution in [0.15, 0.2) is 30.7 Å². The van der Waals surface area contributed by atoms with E-state index in [1.807, 2.05) is 31.5 Å². The summed E-state index contributed by atoms with van der Waals surface area (Å²) in [5, 5.41) is 2.92. The van der Waals surface area contributed by atoms with Crippen molar-refractivity contribution in [1.29, 1.82) is 0 Å². The molecule has 0 aromatic carbocycles. The van der Waals surface area contributed by atoms with E-state index in [0.717, 1.165) is 5.56 Å². The van der Waals surface area contributed by atoms with E-state index in [2.05, 4.69) is 10.3 Å². The van der Waals surface area contributed by atoms with Gasteiger partial charge in [0.1, 0.15) is 0 Å². The van der Waals surface area contributed by atoms with E-state index in [1.54, 1.807) is 12.4 Å². The summed E-state index contributed by atoms with van der Waals surface area (Å²) in [5.41, 5.74) is 1.16. The molecule has 52 valence electrons. The molecule has 0 atom stereocenters. The van der Waals surface area contributed by atoms with Crippen LogP contribution < -0.4 is 5.32 Å². The third kappa shape index (κ3) is 1.90. The van der Waals surface area contributed by atoms with E-state index >= 15 is 0 Å². The highest BCUT2D eigenvalue weighted by molar-refractivity contribution is 5.47. The molecular formula is C8H10N2. The predicted octanol–water partition coefficient (Wildman–Crippen LogP) is 1.27. The molecule has 0 aliphatic heterocycles. The zero-order valence-electron chi connectivity index (χ0n) is 5.91. The fourth-order valence-corrected chi connectivity index (χ4v) is 0.654. The first-order chi connectivity index (χ1) is 4.93. The van der Waals surface area contributed by atoms with Crippen LogP contribution in [-0.4, -0.2) is 12.0 Å². The highest BCUT2D eigenvalue weighted by Crippen LogP contribution is 1.96. The Morgan fingerprint density at radius 3 is 2.70 bits per heavy atom. The van der Waals surface area contributed by atoms with Gasteiger partial charge in [-0.05, 0) is 30.0 Å². The van der Waals surface area contributed by atoms with Crippen molar-refractivity contribution in [3.8, 4) is 0 Å². The molecule has 0 bridgehead atoms. The van der Waals surface area contributed by atoms with Crippen LogP contribution in [0, 0.1) is 0 Å². The van der Waals surface area contributed by atoms with Gasteiger partial charge in [-0.1, -0.05) is 0 Å². The lowest BCUT2D eigenvalue weighted by Gasteiger charge is -1.89. The van der Waals surface area contributed by atoms with E-state index in [1.165, 1.54) is 0 Å². The highest BCUT2D eigenvalue weighted by atomic mass is 14.8. The molecule has 10 heavy (non-hydrogen) atoms. The Kier molecular flexibility index (Phi) is 2.49. The number of nitrogens with one attached hydrogen (secondary N) is 1. The lowest BCUT2D eigenvalue weighted by Crippen LogP contribution is -1.90. The molecule has 1 aromatic heterocycles. The van der Waals surface area contributed by atoms with Crippen LogP contribution in [0.3, 0.4) is 0 Å². The van der Waals surface area contributed by atoms with Gasteiger partial charge < -0.3 is 5.32 Å². The second-order valence-electron chi connectivity index (χ2n) is 1.90. The number of nitrogens with zero attached hydrogens (tertiary/aromatic N) is 1. The molecule has 2 heteroatoms. The maximum absolute atomic E-state index is 3.90. The van der Waals surface area contributed by atoms with Crippen molar-refractivity contribution < 1.29 is 0 Å². The molecular weight excluding hydrogens is 124 g/mol. The lowest BCUT2D eigenvalue weighted by atomic mass is 10.3. The first kappa shape index (κ1) is 6.81. The van der Waals surface area contributed by atoms with Crippen molar-refractivity contribution in [3.05, 3.63) is 36.3 Å². The molecule has 0 saturated heterocycles. The van der Waals surface area contributed by atoms with Crippen molar-refractivity contribution in [2.45, 2.75) is 0 Å². The molecule has 2 nitrogen and oxygen atoms in total. The van der Waals surface area contributed by atoms with Gasteiger partial charge >= 0.3 is 0 Å². The maximum Gasteiger partial charge on any atom is 0.0273 e. The minimum absolute atomic E-state index is 1.16. The molecule has 1 rings (SSSR count). The molecule has 0 fully saturated rings. The van der Waals surface area contributed by atoms with Crippen LogP contribution in [0.5, 0.6) is 0 Å². The molecule has 0 spiro atoms.